The Morgan fingerprint density at radius 2 is 2.11 bits per heavy atom. The van der Waals surface area contributed by atoms with Crippen molar-refractivity contribution >= 4 is 27.6 Å². The first kappa shape index (κ1) is 14.9. The van der Waals surface area contributed by atoms with E-state index >= 15 is 0 Å². The molecule has 0 aliphatic carbocycles. The molecule has 0 atom stereocenters. The Kier molecular flexibility index (Phi) is 5.13. The van der Waals surface area contributed by atoms with Crippen molar-refractivity contribution in [2.75, 3.05) is 13.7 Å². The smallest absolute Gasteiger partial charge is 0.320 e. The van der Waals surface area contributed by atoms with Crippen molar-refractivity contribution in [3.05, 3.63) is 34.3 Å². The molecule has 1 aromatic carbocycles. The van der Waals surface area contributed by atoms with Gasteiger partial charge in [-0.25, -0.2) is 13.1 Å². The molecule has 1 rings (SSSR count). The van der Waals surface area contributed by atoms with Crippen molar-refractivity contribution in [1.29, 1.82) is 0 Å². The van der Waals surface area contributed by atoms with Gasteiger partial charge in [0.25, 0.3) is 0 Å². The van der Waals surface area contributed by atoms with Gasteiger partial charge >= 0.3 is 5.97 Å². The summed E-state index contributed by atoms with van der Waals surface area (Å²) in [4.78, 5) is 10.9. The summed E-state index contributed by atoms with van der Waals surface area (Å²) in [5.41, 5.74) is 1.42. The zero-order valence-corrected chi connectivity index (χ0v) is 11.6. The minimum Gasteiger partial charge on any atom is -0.468 e. The van der Waals surface area contributed by atoms with Crippen molar-refractivity contribution in [2.24, 2.45) is 0 Å². The predicted molar refractivity (Wildman–Crippen MR) is 68.8 cm³/mol. The molecule has 0 saturated carbocycles. The van der Waals surface area contributed by atoms with E-state index in [0.717, 1.165) is 5.56 Å². The van der Waals surface area contributed by atoms with Crippen LogP contribution in [0.5, 0.6) is 0 Å². The molecule has 0 aliphatic heterocycles. The SMILES string of the molecule is COC(=O)CNS(=O)(=O)Cc1ccc(Cl)cc1C. The molecule has 0 heterocycles. The van der Waals surface area contributed by atoms with Crippen molar-refractivity contribution < 1.29 is 17.9 Å². The average molecular weight is 292 g/mol. The van der Waals surface area contributed by atoms with Gasteiger partial charge in [-0.05, 0) is 30.2 Å². The molecule has 18 heavy (non-hydrogen) atoms. The number of halogens is 1. The number of sulfonamides is 1. The lowest BCUT2D eigenvalue weighted by molar-refractivity contribution is -0.139. The topological polar surface area (TPSA) is 72.5 Å². The molecular formula is C11H14ClNO4S. The molecule has 0 amide bonds. The maximum absolute atomic E-state index is 11.7. The van der Waals surface area contributed by atoms with E-state index in [-0.39, 0.29) is 12.3 Å². The number of hydrogen-bond donors (Lipinski definition) is 1. The fraction of sp³-hybridized carbons (Fsp3) is 0.364. The fourth-order valence-electron chi connectivity index (χ4n) is 1.32. The van der Waals surface area contributed by atoms with Crippen LogP contribution in [0.2, 0.25) is 5.02 Å². The molecule has 0 unspecified atom stereocenters. The van der Waals surface area contributed by atoms with Gasteiger partial charge < -0.3 is 4.74 Å². The molecule has 0 saturated heterocycles. The second-order valence-corrected chi connectivity index (χ2v) is 5.97. The van der Waals surface area contributed by atoms with Gasteiger partial charge in [0.2, 0.25) is 10.0 Å². The van der Waals surface area contributed by atoms with E-state index in [1.807, 2.05) is 0 Å². The van der Waals surface area contributed by atoms with Crippen molar-refractivity contribution in [3.8, 4) is 0 Å². The van der Waals surface area contributed by atoms with Gasteiger partial charge in [-0.2, -0.15) is 0 Å². The number of nitrogens with one attached hydrogen (secondary N) is 1. The van der Waals surface area contributed by atoms with Gasteiger partial charge in [-0.15, -0.1) is 0 Å². The normalized spacial score (nSPS) is 11.3. The minimum atomic E-state index is -3.57. The molecular weight excluding hydrogens is 278 g/mol. The Labute approximate surface area is 111 Å². The lowest BCUT2D eigenvalue weighted by atomic mass is 10.1. The number of carbonyl (C=O) groups excluding carboxylic acids is 1. The Morgan fingerprint density at radius 3 is 2.67 bits per heavy atom. The number of hydrogen-bond acceptors (Lipinski definition) is 4. The first-order chi connectivity index (χ1) is 8.34. The summed E-state index contributed by atoms with van der Waals surface area (Å²) in [6.45, 7) is 1.41. The quantitative estimate of drug-likeness (QED) is 0.829. The third-order valence-corrected chi connectivity index (χ3v) is 3.82. The number of benzene rings is 1. The van der Waals surface area contributed by atoms with Crippen LogP contribution in [0.3, 0.4) is 0 Å². The van der Waals surface area contributed by atoms with Crippen LogP contribution in [0, 0.1) is 6.92 Å². The molecule has 0 radical (unpaired) electrons. The zero-order chi connectivity index (χ0) is 13.8. The second kappa shape index (κ2) is 6.17. The number of methoxy groups -OCH3 is 1. The standard InChI is InChI=1S/C11H14ClNO4S/c1-8-5-10(12)4-3-9(8)7-18(15,16)13-6-11(14)17-2/h3-5,13H,6-7H2,1-2H3. The van der Waals surface area contributed by atoms with Crippen molar-refractivity contribution in [2.45, 2.75) is 12.7 Å². The third kappa shape index (κ3) is 4.64. The monoisotopic (exact) mass is 291 g/mol. The number of ether oxygens (including phenoxy) is 1. The van der Waals surface area contributed by atoms with Crippen LogP contribution in [-0.2, 0) is 25.3 Å². The summed E-state index contributed by atoms with van der Waals surface area (Å²) in [6.07, 6.45) is 0. The lowest BCUT2D eigenvalue weighted by Gasteiger charge is -2.08. The molecule has 100 valence electrons. The summed E-state index contributed by atoms with van der Waals surface area (Å²) in [6, 6.07) is 4.96. The summed E-state index contributed by atoms with van der Waals surface area (Å²) < 4.78 is 29.9. The second-order valence-electron chi connectivity index (χ2n) is 3.73. The van der Waals surface area contributed by atoms with Crippen LogP contribution in [-0.4, -0.2) is 28.0 Å². The van der Waals surface area contributed by atoms with Gasteiger partial charge in [0, 0.05) is 5.02 Å². The van der Waals surface area contributed by atoms with E-state index < -0.39 is 16.0 Å². The Morgan fingerprint density at radius 1 is 1.44 bits per heavy atom. The number of rotatable bonds is 5. The van der Waals surface area contributed by atoms with Crippen LogP contribution in [0.4, 0.5) is 0 Å². The van der Waals surface area contributed by atoms with E-state index in [1.165, 1.54) is 7.11 Å². The maximum atomic E-state index is 11.7. The van der Waals surface area contributed by atoms with Crippen LogP contribution in [0.1, 0.15) is 11.1 Å². The van der Waals surface area contributed by atoms with Crippen LogP contribution in [0.25, 0.3) is 0 Å². The molecule has 0 aromatic heterocycles. The molecule has 1 aromatic rings. The molecule has 0 fully saturated rings. The predicted octanol–water partition coefficient (Wildman–Crippen LogP) is 1.24. The fourth-order valence-corrected chi connectivity index (χ4v) is 2.72. The maximum Gasteiger partial charge on any atom is 0.320 e. The highest BCUT2D eigenvalue weighted by Gasteiger charge is 2.14. The lowest BCUT2D eigenvalue weighted by Crippen LogP contribution is -2.31. The van der Waals surface area contributed by atoms with E-state index in [0.29, 0.717) is 10.6 Å². The Bertz CT molecular complexity index is 542. The molecule has 0 spiro atoms. The molecule has 1 N–H and O–H groups in total. The van der Waals surface area contributed by atoms with Gasteiger partial charge in [0.15, 0.2) is 0 Å². The minimum absolute atomic E-state index is 0.201. The van der Waals surface area contributed by atoms with Crippen molar-refractivity contribution in [3.63, 3.8) is 0 Å². The van der Waals surface area contributed by atoms with Crippen LogP contribution in [0.15, 0.2) is 18.2 Å². The third-order valence-electron chi connectivity index (χ3n) is 2.31. The van der Waals surface area contributed by atoms with Gasteiger partial charge in [0.1, 0.15) is 6.54 Å². The van der Waals surface area contributed by atoms with Gasteiger partial charge in [0.05, 0.1) is 12.9 Å². The summed E-state index contributed by atoms with van der Waals surface area (Å²) >= 11 is 5.78. The van der Waals surface area contributed by atoms with Gasteiger partial charge in [-0.3, -0.25) is 4.79 Å². The number of esters is 1. The van der Waals surface area contributed by atoms with E-state index in [4.69, 9.17) is 11.6 Å². The average Bonchev–Trinajstić information content (AvgIpc) is 2.30. The van der Waals surface area contributed by atoms with E-state index in [2.05, 4.69) is 9.46 Å². The summed E-state index contributed by atoms with van der Waals surface area (Å²) in [7, 11) is -2.37. The van der Waals surface area contributed by atoms with Crippen molar-refractivity contribution in [1.82, 2.24) is 4.72 Å². The Balaban J connectivity index is 2.73. The van der Waals surface area contributed by atoms with E-state index in [9.17, 15) is 13.2 Å². The summed E-state index contributed by atoms with van der Waals surface area (Å²) in [5, 5.41) is 0.552. The highest BCUT2D eigenvalue weighted by molar-refractivity contribution is 7.88. The first-order valence-corrected chi connectivity index (χ1v) is 7.16. The van der Waals surface area contributed by atoms with E-state index in [1.54, 1.807) is 25.1 Å². The highest BCUT2D eigenvalue weighted by Crippen LogP contribution is 2.16. The molecule has 0 aliphatic rings. The number of carbonyl (C=O) groups is 1. The molecule has 7 heteroatoms. The van der Waals surface area contributed by atoms with Crippen LogP contribution < -0.4 is 4.72 Å². The first-order valence-electron chi connectivity index (χ1n) is 5.13. The summed E-state index contributed by atoms with van der Waals surface area (Å²) in [5.74, 6) is -0.834. The molecule has 5 nitrogen and oxygen atoms in total. The Hall–Kier alpha value is -1.11. The number of aryl methyl sites for hydroxylation is 1. The van der Waals surface area contributed by atoms with Gasteiger partial charge in [-0.1, -0.05) is 17.7 Å². The largest absolute Gasteiger partial charge is 0.468 e. The highest BCUT2D eigenvalue weighted by atomic mass is 35.5. The van der Waals surface area contributed by atoms with Crippen LogP contribution >= 0.6 is 11.6 Å². The molecule has 0 bridgehead atoms. The zero-order valence-electron chi connectivity index (χ0n) is 10.1.